The van der Waals surface area contributed by atoms with Crippen molar-refractivity contribution in [1.82, 2.24) is 0 Å². The maximum Gasteiger partial charge on any atom is 2.00 e. The molecule has 0 spiro atoms. The third-order valence-electron chi connectivity index (χ3n) is 0. The summed E-state index contributed by atoms with van der Waals surface area (Å²) in [6.45, 7) is 0. The van der Waals surface area contributed by atoms with E-state index in [0.717, 1.165) is 0 Å². The third-order valence-corrected chi connectivity index (χ3v) is 0. The van der Waals surface area contributed by atoms with Gasteiger partial charge in [0.05, 0.1) is 0 Å². The maximum absolute atomic E-state index is 8.39. The van der Waals surface area contributed by atoms with Gasteiger partial charge in [0, 0.05) is 0 Å². The minimum absolute atomic E-state index is 0. The Morgan fingerprint density at radius 2 is 1.25 bits per heavy atom. The molecule has 0 aliphatic carbocycles. The second kappa shape index (κ2) is 27.6. The van der Waals surface area contributed by atoms with Crippen LogP contribution in [0.5, 0.6) is 0 Å². The molecule has 4 heavy (non-hydrogen) atoms. The smallest absolute Gasteiger partial charge is 2.00 e. The van der Waals surface area contributed by atoms with Gasteiger partial charge in [0.2, 0.25) is 0 Å². The maximum atomic E-state index is 8.39. The fourth-order valence-electron chi connectivity index (χ4n) is 0. The van der Waals surface area contributed by atoms with E-state index in [-0.39, 0.29) is 50.7 Å². The molecule has 0 N–H and O–H groups in total. The topological polar surface area (TPSA) is 45.6 Å². The summed E-state index contributed by atoms with van der Waals surface area (Å²) in [7, 11) is 0. The number of hydrogen-bond acceptors (Lipinski definition) is 1. The van der Waals surface area contributed by atoms with E-state index in [9.17, 15) is 0 Å². The van der Waals surface area contributed by atoms with Crippen molar-refractivity contribution in [1.29, 1.82) is 0 Å². The van der Waals surface area contributed by atoms with E-state index in [1.54, 1.807) is 0 Å². The van der Waals surface area contributed by atoms with Gasteiger partial charge in [0.15, 0.2) is 0 Å². The molecule has 0 unspecified atom stereocenters. The first-order valence-corrected chi connectivity index (χ1v) is 1.79. The zero-order valence-electron chi connectivity index (χ0n) is 2.02. The van der Waals surface area contributed by atoms with Crippen LogP contribution in [0.1, 0.15) is 0 Å². The van der Waals surface area contributed by atoms with Gasteiger partial charge in [-0.25, -0.2) is 0 Å². The molecule has 0 saturated carbocycles. The average molecular weight is 305 g/mol. The van der Waals surface area contributed by atoms with Crippen LogP contribution in [0.15, 0.2) is 0 Å². The molecule has 2 radical (unpaired) electrons. The predicted octanol–water partition coefficient (Wildman–Crippen LogP) is -0.621. The van der Waals surface area contributed by atoms with Gasteiger partial charge in [0.1, 0.15) is 0 Å². The van der Waals surface area contributed by atoms with E-state index in [4.69, 9.17) is 2.69 Å². The van der Waals surface area contributed by atoms with Gasteiger partial charge < -0.3 is 5.48 Å². The molecule has 0 fully saturated rings. The van der Waals surface area contributed by atoms with Crippen molar-refractivity contribution < 1.29 is 27.6 Å². The molecule has 0 bridgehead atoms. The molecule has 0 aliphatic rings. The Labute approximate surface area is 53.2 Å². The van der Waals surface area contributed by atoms with Crippen LogP contribution >= 0.6 is 0 Å². The van der Waals surface area contributed by atoms with Crippen LogP contribution in [0.4, 0.5) is 0 Å². The first-order chi connectivity index (χ1) is 1.00. The molecule has 0 rings (SSSR count). The van der Waals surface area contributed by atoms with Crippen molar-refractivity contribution in [2.24, 2.45) is 0 Å². The quantitative estimate of drug-likeness (QED) is 0.550. The van der Waals surface area contributed by atoms with Crippen LogP contribution in [0, 0.1) is 0 Å². The van der Waals surface area contributed by atoms with Crippen molar-refractivity contribution in [3.63, 3.8) is 0 Å². The summed E-state index contributed by atoms with van der Waals surface area (Å²) in [5.41, 5.74) is 0. The standard InChI is InChI=1S/2O.Pb.Zn/q;-2;;+2. The van der Waals surface area contributed by atoms with Crippen molar-refractivity contribution in [2.45, 2.75) is 0 Å². The summed E-state index contributed by atoms with van der Waals surface area (Å²) in [6, 6.07) is 0. The SMILES string of the molecule is [O-2].[O]=[Pb].[Zn+2]. The molecule has 4 heteroatoms. The normalized spacial score (nSPS) is 1.00. The van der Waals surface area contributed by atoms with Crippen LogP contribution in [0.25, 0.3) is 0 Å². The minimum Gasteiger partial charge on any atom is 2.00 e. The summed E-state index contributed by atoms with van der Waals surface area (Å²) in [5.74, 6) is 0. The fraction of sp³-hybridized carbons (Fsp3) is 0. The molecule has 0 aromatic rings. The van der Waals surface area contributed by atoms with Gasteiger partial charge in [0.25, 0.3) is 0 Å². The molecular formula is O2PbZn. The summed E-state index contributed by atoms with van der Waals surface area (Å²) in [4.78, 5) is 0. The Bertz CT molecular complexity index is 6.00. The number of hydrogen-bond donors (Lipinski definition) is 0. The van der Waals surface area contributed by atoms with Crippen LogP contribution in [0.2, 0.25) is 0 Å². The molecular weight excluding hydrogens is 305 g/mol. The summed E-state index contributed by atoms with van der Waals surface area (Å²) < 4.78 is 8.39. The van der Waals surface area contributed by atoms with Crippen molar-refractivity contribution >= 4 is 25.8 Å². The zero-order chi connectivity index (χ0) is 2.00. The largest absolute Gasteiger partial charge is 2.00 e. The molecule has 0 atom stereocenters. The zero-order valence-corrected chi connectivity index (χ0v) is 8.88. The predicted molar refractivity (Wildman–Crippen MR) is 7.13 cm³/mol. The van der Waals surface area contributed by atoms with Gasteiger partial charge in [-0.1, -0.05) is 0 Å². The van der Waals surface area contributed by atoms with E-state index in [1.807, 2.05) is 0 Å². The van der Waals surface area contributed by atoms with Gasteiger partial charge >= 0.3 is 47.9 Å². The van der Waals surface area contributed by atoms with Crippen LogP contribution in [-0.2, 0) is 27.6 Å². The summed E-state index contributed by atoms with van der Waals surface area (Å²) >= 11 is 0.0556. The molecule has 0 aromatic heterocycles. The first-order valence-electron chi connectivity index (χ1n) is 0.204. The van der Waals surface area contributed by atoms with Gasteiger partial charge in [-0.3, -0.25) is 0 Å². The molecule has 0 amide bonds. The van der Waals surface area contributed by atoms with Gasteiger partial charge in [-0.15, -0.1) is 0 Å². The molecule has 0 aliphatic heterocycles. The Kier molecular flexibility index (Phi) is 128. The van der Waals surface area contributed by atoms with Crippen molar-refractivity contribution in [2.75, 3.05) is 0 Å². The Morgan fingerprint density at radius 3 is 1.25 bits per heavy atom. The van der Waals surface area contributed by atoms with Crippen LogP contribution < -0.4 is 0 Å². The Morgan fingerprint density at radius 1 is 1.25 bits per heavy atom. The third kappa shape index (κ3) is 10.3. The van der Waals surface area contributed by atoms with Crippen LogP contribution in [-0.4, -0.2) is 25.8 Å². The van der Waals surface area contributed by atoms with E-state index >= 15 is 0 Å². The minimum atomic E-state index is 0. The first kappa shape index (κ1) is 18.5. The molecule has 0 saturated heterocycles. The van der Waals surface area contributed by atoms with Crippen molar-refractivity contribution in [3.05, 3.63) is 0 Å². The van der Waals surface area contributed by atoms with E-state index in [0.29, 0.717) is 0 Å². The average Bonchev–Trinajstić information content (AvgIpc) is 1.00. The Balaban J connectivity index is -0.00000000500. The van der Waals surface area contributed by atoms with E-state index < -0.39 is 0 Å². The molecule has 0 heterocycles. The van der Waals surface area contributed by atoms with Gasteiger partial charge in [-0.05, 0) is 0 Å². The van der Waals surface area contributed by atoms with Crippen LogP contribution in [0.3, 0.4) is 0 Å². The molecule has 0 aromatic carbocycles. The summed E-state index contributed by atoms with van der Waals surface area (Å²) in [6.07, 6.45) is 0. The second-order valence-corrected chi connectivity index (χ2v) is 0. The number of rotatable bonds is 0. The van der Waals surface area contributed by atoms with E-state index in [2.05, 4.69) is 0 Å². The van der Waals surface area contributed by atoms with Gasteiger partial charge in [-0.2, -0.15) is 0 Å². The Hall–Kier alpha value is 1.31. The molecule has 2 nitrogen and oxygen atoms in total. The second-order valence-electron chi connectivity index (χ2n) is 0. The molecule has 18 valence electrons. The van der Waals surface area contributed by atoms with E-state index in [1.165, 1.54) is 0 Å². The monoisotopic (exact) mass is 304 g/mol. The fourth-order valence-corrected chi connectivity index (χ4v) is 0. The van der Waals surface area contributed by atoms with Crippen molar-refractivity contribution in [3.8, 4) is 0 Å². The summed E-state index contributed by atoms with van der Waals surface area (Å²) in [5, 5.41) is 0.